The zero-order valence-corrected chi connectivity index (χ0v) is 14.9. The summed E-state index contributed by atoms with van der Waals surface area (Å²) >= 11 is 0. The molecule has 2 saturated heterocycles. The van der Waals surface area contributed by atoms with Crippen LogP contribution in [0.3, 0.4) is 0 Å². The van der Waals surface area contributed by atoms with Gasteiger partial charge < -0.3 is 20.4 Å². The van der Waals surface area contributed by atoms with Crippen molar-refractivity contribution in [3.05, 3.63) is 18.2 Å². The number of amides is 1. The van der Waals surface area contributed by atoms with Crippen LogP contribution in [0.2, 0.25) is 0 Å². The summed E-state index contributed by atoms with van der Waals surface area (Å²) in [6.07, 6.45) is -2.92. The molecule has 1 aromatic carbocycles. The number of hydrogen-bond donors (Lipinski definition) is 2. The highest BCUT2D eigenvalue weighted by molar-refractivity contribution is 5.98. The second-order valence-electron chi connectivity index (χ2n) is 7.06. The van der Waals surface area contributed by atoms with Crippen molar-refractivity contribution in [2.75, 3.05) is 54.4 Å². The summed E-state index contributed by atoms with van der Waals surface area (Å²) in [5.41, 5.74) is 1.87. The largest absolute Gasteiger partial charge is 0.471 e. The Kier molecular flexibility index (Phi) is 5.60. The predicted octanol–water partition coefficient (Wildman–Crippen LogP) is 2.83. The average molecular weight is 370 g/mol. The first-order chi connectivity index (χ1) is 12.3. The van der Waals surface area contributed by atoms with Crippen molar-refractivity contribution in [3.8, 4) is 0 Å². The molecule has 2 aliphatic heterocycles. The fourth-order valence-electron chi connectivity index (χ4n) is 3.45. The normalized spacial score (nSPS) is 19.5. The first kappa shape index (κ1) is 18.8. The molecular weight excluding hydrogens is 345 g/mol. The zero-order valence-electron chi connectivity index (χ0n) is 14.9. The van der Waals surface area contributed by atoms with Gasteiger partial charge in [0.1, 0.15) is 0 Å². The number of halogens is 3. The number of piperazine rings is 1. The van der Waals surface area contributed by atoms with Crippen LogP contribution in [0.5, 0.6) is 0 Å². The summed E-state index contributed by atoms with van der Waals surface area (Å²) in [5, 5.41) is 5.34. The van der Waals surface area contributed by atoms with Crippen LogP contribution in [-0.2, 0) is 4.79 Å². The van der Waals surface area contributed by atoms with Crippen molar-refractivity contribution in [2.24, 2.45) is 5.92 Å². The Labute approximate surface area is 151 Å². The van der Waals surface area contributed by atoms with E-state index in [-0.39, 0.29) is 5.69 Å². The van der Waals surface area contributed by atoms with E-state index >= 15 is 0 Å². The van der Waals surface area contributed by atoms with E-state index in [2.05, 4.69) is 27.4 Å². The standard InChI is InChI=1S/C18H25F3N4O/c1-13-4-8-25(9-5-13)16-12-14(24-10-6-22-7-11-24)2-3-15(16)23-17(26)18(19,20)21/h2-3,12-13,22H,4-11H2,1H3,(H,23,26). The van der Waals surface area contributed by atoms with E-state index in [1.807, 2.05) is 6.07 Å². The van der Waals surface area contributed by atoms with Crippen molar-refractivity contribution < 1.29 is 18.0 Å². The van der Waals surface area contributed by atoms with Gasteiger partial charge in [0.05, 0.1) is 11.4 Å². The Hall–Kier alpha value is -1.96. The quantitative estimate of drug-likeness (QED) is 0.859. The van der Waals surface area contributed by atoms with E-state index in [4.69, 9.17) is 0 Å². The van der Waals surface area contributed by atoms with Crippen molar-refractivity contribution in [1.82, 2.24) is 5.32 Å². The number of piperidine rings is 1. The summed E-state index contributed by atoms with van der Waals surface area (Å²) in [7, 11) is 0. The molecular formula is C18H25F3N4O. The van der Waals surface area contributed by atoms with Gasteiger partial charge >= 0.3 is 12.1 Å². The Morgan fingerprint density at radius 2 is 1.77 bits per heavy atom. The fourth-order valence-corrected chi connectivity index (χ4v) is 3.45. The third-order valence-electron chi connectivity index (χ3n) is 5.09. The Bertz CT molecular complexity index is 636. The smallest absolute Gasteiger partial charge is 0.370 e. The van der Waals surface area contributed by atoms with Crippen LogP contribution in [0.4, 0.5) is 30.2 Å². The van der Waals surface area contributed by atoms with E-state index in [1.54, 1.807) is 12.1 Å². The Morgan fingerprint density at radius 3 is 2.38 bits per heavy atom. The molecule has 0 aliphatic carbocycles. The minimum atomic E-state index is -4.90. The molecule has 5 nitrogen and oxygen atoms in total. The van der Waals surface area contributed by atoms with Crippen LogP contribution in [0.15, 0.2) is 18.2 Å². The van der Waals surface area contributed by atoms with Crippen LogP contribution >= 0.6 is 0 Å². The van der Waals surface area contributed by atoms with Gasteiger partial charge in [-0.1, -0.05) is 6.92 Å². The second kappa shape index (κ2) is 7.73. The third kappa shape index (κ3) is 4.41. The van der Waals surface area contributed by atoms with Gasteiger partial charge in [0.15, 0.2) is 0 Å². The molecule has 0 radical (unpaired) electrons. The molecule has 1 aromatic rings. The zero-order chi connectivity index (χ0) is 18.7. The molecule has 0 spiro atoms. The monoisotopic (exact) mass is 370 g/mol. The molecule has 1 amide bonds. The molecule has 0 saturated carbocycles. The molecule has 0 atom stereocenters. The van der Waals surface area contributed by atoms with Gasteiger partial charge in [-0.2, -0.15) is 13.2 Å². The molecule has 0 aromatic heterocycles. The van der Waals surface area contributed by atoms with Crippen molar-refractivity contribution in [2.45, 2.75) is 25.9 Å². The number of rotatable bonds is 3. The highest BCUT2D eigenvalue weighted by atomic mass is 19.4. The molecule has 2 fully saturated rings. The molecule has 2 N–H and O–H groups in total. The van der Waals surface area contributed by atoms with Crippen LogP contribution in [-0.4, -0.2) is 51.4 Å². The molecule has 26 heavy (non-hydrogen) atoms. The van der Waals surface area contributed by atoms with Crippen LogP contribution in [0.25, 0.3) is 0 Å². The van der Waals surface area contributed by atoms with Crippen LogP contribution < -0.4 is 20.4 Å². The van der Waals surface area contributed by atoms with Gasteiger partial charge in [-0.25, -0.2) is 0 Å². The molecule has 2 heterocycles. The highest BCUT2D eigenvalue weighted by Gasteiger charge is 2.39. The lowest BCUT2D eigenvalue weighted by molar-refractivity contribution is -0.167. The van der Waals surface area contributed by atoms with Crippen LogP contribution in [0.1, 0.15) is 19.8 Å². The first-order valence-corrected chi connectivity index (χ1v) is 9.07. The van der Waals surface area contributed by atoms with Crippen molar-refractivity contribution in [3.63, 3.8) is 0 Å². The molecule has 3 rings (SSSR count). The van der Waals surface area contributed by atoms with Crippen LogP contribution in [0, 0.1) is 5.92 Å². The number of hydrogen-bond acceptors (Lipinski definition) is 4. The number of nitrogens with one attached hydrogen (secondary N) is 2. The van der Waals surface area contributed by atoms with Gasteiger partial charge in [-0.05, 0) is 37.0 Å². The van der Waals surface area contributed by atoms with E-state index < -0.39 is 12.1 Å². The minimum Gasteiger partial charge on any atom is -0.370 e. The highest BCUT2D eigenvalue weighted by Crippen LogP contribution is 2.34. The summed E-state index contributed by atoms with van der Waals surface area (Å²) in [5.74, 6) is -1.32. The van der Waals surface area contributed by atoms with Crippen molar-refractivity contribution in [1.29, 1.82) is 0 Å². The second-order valence-corrected chi connectivity index (χ2v) is 7.06. The van der Waals surface area contributed by atoms with Gasteiger partial charge in [0, 0.05) is 45.0 Å². The van der Waals surface area contributed by atoms with Crippen molar-refractivity contribution >= 4 is 23.0 Å². The summed E-state index contributed by atoms with van der Waals surface area (Å²) in [4.78, 5) is 15.7. The van der Waals surface area contributed by atoms with E-state index in [0.29, 0.717) is 11.6 Å². The predicted molar refractivity (Wildman–Crippen MR) is 96.8 cm³/mol. The number of carbonyl (C=O) groups is 1. The first-order valence-electron chi connectivity index (χ1n) is 9.07. The van der Waals surface area contributed by atoms with E-state index in [0.717, 1.165) is 57.8 Å². The topological polar surface area (TPSA) is 47.6 Å². The average Bonchev–Trinajstić information content (AvgIpc) is 2.63. The number of nitrogens with zero attached hydrogens (tertiary/aromatic N) is 2. The number of carbonyl (C=O) groups excluding carboxylic acids is 1. The fraction of sp³-hybridized carbons (Fsp3) is 0.611. The number of benzene rings is 1. The molecule has 0 bridgehead atoms. The lowest BCUT2D eigenvalue weighted by Gasteiger charge is -2.35. The van der Waals surface area contributed by atoms with Gasteiger partial charge in [-0.15, -0.1) is 0 Å². The molecule has 0 unspecified atom stereocenters. The Morgan fingerprint density at radius 1 is 1.12 bits per heavy atom. The maximum Gasteiger partial charge on any atom is 0.471 e. The lowest BCUT2D eigenvalue weighted by atomic mass is 9.98. The third-order valence-corrected chi connectivity index (χ3v) is 5.09. The van der Waals surface area contributed by atoms with Gasteiger partial charge in [-0.3, -0.25) is 4.79 Å². The number of alkyl halides is 3. The van der Waals surface area contributed by atoms with Gasteiger partial charge in [0.25, 0.3) is 0 Å². The summed E-state index contributed by atoms with van der Waals surface area (Å²) in [6.45, 7) is 7.20. The maximum absolute atomic E-state index is 12.7. The Balaban J connectivity index is 1.88. The lowest BCUT2D eigenvalue weighted by Crippen LogP contribution is -2.43. The van der Waals surface area contributed by atoms with E-state index in [1.165, 1.54) is 0 Å². The van der Waals surface area contributed by atoms with E-state index in [9.17, 15) is 18.0 Å². The van der Waals surface area contributed by atoms with Gasteiger partial charge in [0.2, 0.25) is 0 Å². The molecule has 144 valence electrons. The summed E-state index contributed by atoms with van der Waals surface area (Å²) in [6, 6.07) is 5.29. The molecule has 2 aliphatic rings. The minimum absolute atomic E-state index is 0.223. The number of anilines is 3. The SMILES string of the molecule is CC1CCN(c2cc(N3CCNCC3)ccc2NC(=O)C(F)(F)F)CC1. The summed E-state index contributed by atoms with van der Waals surface area (Å²) < 4.78 is 38.1. The maximum atomic E-state index is 12.7. The molecule has 8 heteroatoms.